The molecule has 0 N–H and O–H groups in total. The fourth-order valence-corrected chi connectivity index (χ4v) is 5.76. The van der Waals surface area contributed by atoms with E-state index < -0.39 is 23.4 Å². The van der Waals surface area contributed by atoms with Crippen LogP contribution < -0.4 is 9.47 Å². The minimum atomic E-state index is -4.46. The predicted octanol–water partition coefficient (Wildman–Crippen LogP) is 6.62. The van der Waals surface area contributed by atoms with Gasteiger partial charge in [-0.3, -0.25) is 4.79 Å². The molecule has 2 aromatic rings. The molecule has 4 rings (SSSR count). The zero-order valence-corrected chi connectivity index (χ0v) is 26.1. The van der Waals surface area contributed by atoms with Crippen molar-refractivity contribution in [2.75, 3.05) is 33.4 Å². The molecule has 1 unspecified atom stereocenters. The number of amides is 2. The van der Waals surface area contributed by atoms with Gasteiger partial charge in [0.2, 0.25) is 5.91 Å². The molecule has 8 nitrogen and oxygen atoms in total. The first-order valence-electron chi connectivity index (χ1n) is 15.1. The Morgan fingerprint density at radius 1 is 1.05 bits per heavy atom. The van der Waals surface area contributed by atoms with Gasteiger partial charge in [0.25, 0.3) is 0 Å². The van der Waals surface area contributed by atoms with Gasteiger partial charge in [0, 0.05) is 25.0 Å². The van der Waals surface area contributed by atoms with Crippen LogP contribution in [0.25, 0.3) is 0 Å². The van der Waals surface area contributed by atoms with Gasteiger partial charge in [-0.05, 0) is 88.8 Å². The zero-order valence-electron chi connectivity index (χ0n) is 26.1. The number of rotatable bonds is 8. The maximum Gasteiger partial charge on any atom is 0.416 e. The van der Waals surface area contributed by atoms with E-state index in [-0.39, 0.29) is 36.3 Å². The zero-order chi connectivity index (χ0) is 32.1. The third kappa shape index (κ3) is 9.03. The fourth-order valence-electron chi connectivity index (χ4n) is 5.76. The Labute approximate surface area is 257 Å². The van der Waals surface area contributed by atoms with E-state index in [4.69, 9.17) is 18.9 Å². The molecule has 2 aromatic carbocycles. The minimum Gasteiger partial charge on any atom is -0.496 e. The molecule has 0 aromatic heterocycles. The summed E-state index contributed by atoms with van der Waals surface area (Å²) < 4.78 is 61.6. The van der Waals surface area contributed by atoms with Crippen LogP contribution in [0, 0.1) is 12.8 Å². The minimum absolute atomic E-state index is 0.0328. The summed E-state index contributed by atoms with van der Waals surface area (Å²) in [6, 6.07) is 10.5. The summed E-state index contributed by atoms with van der Waals surface area (Å²) in [5.41, 5.74) is 0.527. The summed E-state index contributed by atoms with van der Waals surface area (Å²) in [5, 5.41) is 0. The third-order valence-corrected chi connectivity index (χ3v) is 7.97. The van der Waals surface area contributed by atoms with Gasteiger partial charge in [-0.25, -0.2) is 4.79 Å². The van der Waals surface area contributed by atoms with E-state index in [0.717, 1.165) is 29.0 Å². The lowest BCUT2D eigenvalue weighted by atomic mass is 9.84. The lowest BCUT2D eigenvalue weighted by molar-refractivity contribution is -0.145. The topological polar surface area (TPSA) is 77.5 Å². The van der Waals surface area contributed by atoms with Crippen LogP contribution in [0.15, 0.2) is 42.5 Å². The Bertz CT molecular complexity index is 1290. The second-order valence-corrected chi connectivity index (χ2v) is 12.5. The maximum absolute atomic E-state index is 13.5. The largest absolute Gasteiger partial charge is 0.496 e. The van der Waals surface area contributed by atoms with Crippen LogP contribution in [-0.4, -0.2) is 73.0 Å². The van der Waals surface area contributed by atoms with Gasteiger partial charge in [0.15, 0.2) is 0 Å². The van der Waals surface area contributed by atoms with Crippen molar-refractivity contribution in [3.63, 3.8) is 0 Å². The SMILES string of the molecule is COc1ccc(CN(C(=O)OC(C)(C)C)C2CCC(C(=O)N3CCOC(COc4cccc(C(F)(F)F)c4)C3)CC2)cc1C. The molecule has 0 spiro atoms. The van der Waals surface area contributed by atoms with Gasteiger partial charge in [0.1, 0.15) is 29.8 Å². The number of halogens is 3. The van der Waals surface area contributed by atoms with E-state index in [2.05, 4.69) is 0 Å². The Balaban J connectivity index is 1.34. The first kappa shape index (κ1) is 33.4. The summed E-state index contributed by atoms with van der Waals surface area (Å²) in [6.45, 7) is 8.99. The Morgan fingerprint density at radius 3 is 2.41 bits per heavy atom. The number of hydrogen-bond donors (Lipinski definition) is 0. The maximum atomic E-state index is 13.5. The molecule has 1 heterocycles. The quantitative estimate of drug-likeness (QED) is 0.330. The molecule has 1 saturated carbocycles. The molecule has 2 amide bonds. The average molecular weight is 621 g/mol. The highest BCUT2D eigenvalue weighted by Gasteiger charge is 2.37. The van der Waals surface area contributed by atoms with E-state index in [1.165, 1.54) is 12.1 Å². The van der Waals surface area contributed by atoms with Gasteiger partial charge >= 0.3 is 12.3 Å². The highest BCUT2D eigenvalue weighted by atomic mass is 19.4. The second-order valence-electron chi connectivity index (χ2n) is 12.5. The van der Waals surface area contributed by atoms with Crippen LogP contribution in [-0.2, 0) is 27.0 Å². The molecule has 2 fully saturated rings. The lowest BCUT2D eigenvalue weighted by Crippen LogP contribution is -2.51. The number of benzene rings is 2. The molecule has 1 aliphatic heterocycles. The average Bonchev–Trinajstić information content (AvgIpc) is 2.97. The number of hydrogen-bond acceptors (Lipinski definition) is 6. The van der Waals surface area contributed by atoms with Gasteiger partial charge in [-0.2, -0.15) is 13.2 Å². The molecule has 11 heteroatoms. The Morgan fingerprint density at radius 2 is 1.77 bits per heavy atom. The van der Waals surface area contributed by atoms with Crippen LogP contribution in [0.2, 0.25) is 0 Å². The van der Waals surface area contributed by atoms with E-state index in [9.17, 15) is 22.8 Å². The molecule has 242 valence electrons. The summed E-state index contributed by atoms with van der Waals surface area (Å²) >= 11 is 0. The van der Waals surface area contributed by atoms with Crippen molar-refractivity contribution in [1.29, 1.82) is 0 Å². The molecule has 1 atom stereocenters. The molecular weight excluding hydrogens is 577 g/mol. The number of ether oxygens (including phenoxy) is 4. The van der Waals surface area contributed by atoms with Crippen LogP contribution >= 0.6 is 0 Å². The van der Waals surface area contributed by atoms with Crippen molar-refractivity contribution >= 4 is 12.0 Å². The normalized spacial score (nSPS) is 21.0. The fraction of sp³-hybridized carbons (Fsp3) is 0.576. The van der Waals surface area contributed by atoms with Crippen molar-refractivity contribution < 1.29 is 41.7 Å². The molecular formula is C33H43F3N2O6. The van der Waals surface area contributed by atoms with Gasteiger partial charge < -0.3 is 28.7 Å². The van der Waals surface area contributed by atoms with Crippen molar-refractivity contribution in [2.45, 2.75) is 83.8 Å². The number of nitrogens with zero attached hydrogens (tertiary/aromatic N) is 2. The summed E-state index contributed by atoms with van der Waals surface area (Å²) in [5.74, 6) is 0.734. The standard InChI is InChI=1S/C33H43F3N2O6/c1-22-17-23(9-14-29(22)41-5)19-38(31(40)44-32(2,3)4)26-12-10-24(11-13-26)30(39)37-15-16-42-28(20-37)21-43-27-8-6-7-25(18-27)33(34,35)36/h6-9,14,17-18,24,26,28H,10-13,15-16,19-21H2,1-5H3. The van der Waals surface area contributed by atoms with Crippen molar-refractivity contribution in [2.24, 2.45) is 5.92 Å². The molecule has 1 saturated heterocycles. The van der Waals surface area contributed by atoms with Crippen LogP contribution in [0.3, 0.4) is 0 Å². The molecule has 44 heavy (non-hydrogen) atoms. The summed E-state index contributed by atoms with van der Waals surface area (Å²) in [7, 11) is 1.63. The smallest absolute Gasteiger partial charge is 0.416 e. The second kappa shape index (κ2) is 14.1. The van der Waals surface area contributed by atoms with Gasteiger partial charge in [0.05, 0.1) is 25.8 Å². The van der Waals surface area contributed by atoms with Gasteiger partial charge in [-0.15, -0.1) is 0 Å². The van der Waals surface area contributed by atoms with E-state index in [0.29, 0.717) is 51.9 Å². The third-order valence-electron chi connectivity index (χ3n) is 7.97. The van der Waals surface area contributed by atoms with Crippen LogP contribution in [0.4, 0.5) is 18.0 Å². The number of carbonyl (C=O) groups excluding carboxylic acids is 2. The Hall–Kier alpha value is -3.47. The lowest BCUT2D eigenvalue weighted by Gasteiger charge is -2.39. The van der Waals surface area contributed by atoms with Crippen molar-refractivity contribution in [3.8, 4) is 11.5 Å². The number of methoxy groups -OCH3 is 1. The molecule has 2 aliphatic rings. The van der Waals surface area contributed by atoms with Gasteiger partial charge in [-0.1, -0.05) is 18.2 Å². The monoisotopic (exact) mass is 620 g/mol. The van der Waals surface area contributed by atoms with Crippen LogP contribution in [0.1, 0.15) is 63.1 Å². The molecule has 0 radical (unpaired) electrons. The first-order chi connectivity index (χ1) is 20.7. The van der Waals surface area contributed by atoms with Crippen molar-refractivity contribution in [1.82, 2.24) is 9.80 Å². The highest BCUT2D eigenvalue weighted by Crippen LogP contribution is 2.33. The van der Waals surface area contributed by atoms with E-state index in [1.54, 1.807) is 16.9 Å². The van der Waals surface area contributed by atoms with E-state index in [1.807, 2.05) is 45.9 Å². The Kier molecular flexibility index (Phi) is 10.7. The van der Waals surface area contributed by atoms with Crippen LogP contribution in [0.5, 0.6) is 11.5 Å². The number of aryl methyl sites for hydroxylation is 1. The van der Waals surface area contributed by atoms with E-state index >= 15 is 0 Å². The number of morpholine rings is 1. The molecule has 1 aliphatic carbocycles. The summed E-state index contributed by atoms with van der Waals surface area (Å²) in [4.78, 5) is 30.4. The number of alkyl halides is 3. The summed E-state index contributed by atoms with van der Waals surface area (Å²) in [6.07, 6.45) is -2.69. The highest BCUT2D eigenvalue weighted by molar-refractivity contribution is 5.79. The van der Waals surface area contributed by atoms with Crippen molar-refractivity contribution in [3.05, 3.63) is 59.2 Å². The molecule has 0 bridgehead atoms. The first-order valence-corrected chi connectivity index (χ1v) is 15.1. The number of carbonyl (C=O) groups is 2. The predicted molar refractivity (Wildman–Crippen MR) is 159 cm³/mol.